The zero-order valence-corrected chi connectivity index (χ0v) is 22.3. The van der Waals surface area contributed by atoms with Gasteiger partial charge in [0.2, 0.25) is 5.71 Å². The molecule has 0 saturated carbocycles. The topological polar surface area (TPSA) is 20.8 Å². The average molecular weight is 527 g/mol. The van der Waals surface area contributed by atoms with E-state index in [1.807, 2.05) is 18.2 Å². The number of oxazole rings is 1. The van der Waals surface area contributed by atoms with Gasteiger partial charge in [0, 0.05) is 22.4 Å². The number of benzene rings is 6. The van der Waals surface area contributed by atoms with Crippen molar-refractivity contribution in [1.82, 2.24) is 4.40 Å². The number of nitrogens with zero attached hydrogens (tertiary/aromatic N) is 2. The first kappa shape index (κ1) is 23.4. The standard InChI is InChI=1S/C38H26N2O/c1-4-12-28(13-5-1)37-33-18-10-11-19-34(33)40-35-25-22-29(26-36(35)41-38(37)40)27-20-23-32(24-21-27)39(30-14-6-2-7-15-30)31-16-8-3-9-17-31/h1-26H. The minimum atomic E-state index is 0.875. The zero-order valence-electron chi connectivity index (χ0n) is 22.3. The lowest BCUT2D eigenvalue weighted by molar-refractivity contribution is 0.658. The van der Waals surface area contributed by atoms with Gasteiger partial charge in [-0.05, 0) is 71.3 Å². The first-order chi connectivity index (χ1) is 20.3. The van der Waals surface area contributed by atoms with Gasteiger partial charge < -0.3 is 9.32 Å². The molecular formula is C38H26N2O. The van der Waals surface area contributed by atoms with E-state index in [2.05, 4.69) is 149 Å². The van der Waals surface area contributed by atoms with Crippen LogP contribution < -0.4 is 4.90 Å². The number of fused-ring (bicyclic) bond motifs is 5. The highest BCUT2D eigenvalue weighted by Crippen LogP contribution is 2.40. The molecule has 0 aliphatic heterocycles. The summed E-state index contributed by atoms with van der Waals surface area (Å²) in [5.41, 5.74) is 11.9. The Hall–Kier alpha value is -5.54. The highest BCUT2D eigenvalue weighted by atomic mass is 16.3. The Morgan fingerprint density at radius 3 is 1.68 bits per heavy atom. The molecule has 0 fully saturated rings. The van der Waals surface area contributed by atoms with Crippen molar-refractivity contribution in [3.63, 3.8) is 0 Å². The summed E-state index contributed by atoms with van der Waals surface area (Å²) in [6.45, 7) is 0. The molecule has 0 N–H and O–H groups in total. The Bertz CT molecular complexity index is 2090. The molecule has 0 aliphatic carbocycles. The van der Waals surface area contributed by atoms with E-state index >= 15 is 0 Å². The Morgan fingerprint density at radius 2 is 1.00 bits per heavy atom. The van der Waals surface area contributed by atoms with E-state index in [4.69, 9.17) is 4.42 Å². The molecule has 0 bridgehead atoms. The van der Waals surface area contributed by atoms with E-state index in [0.717, 1.165) is 61.6 Å². The van der Waals surface area contributed by atoms with Gasteiger partial charge in [-0.3, -0.25) is 4.40 Å². The molecule has 0 aliphatic rings. The summed E-state index contributed by atoms with van der Waals surface area (Å²) in [6, 6.07) is 55.3. The fourth-order valence-corrected chi connectivity index (χ4v) is 5.90. The van der Waals surface area contributed by atoms with Crippen molar-refractivity contribution in [2.45, 2.75) is 0 Å². The summed E-state index contributed by atoms with van der Waals surface area (Å²) < 4.78 is 8.86. The van der Waals surface area contributed by atoms with Gasteiger partial charge in [0.25, 0.3) is 0 Å². The molecule has 194 valence electrons. The molecule has 2 heterocycles. The number of anilines is 3. The van der Waals surface area contributed by atoms with Crippen LogP contribution in [0, 0.1) is 0 Å². The second-order valence-corrected chi connectivity index (χ2v) is 10.2. The highest BCUT2D eigenvalue weighted by Gasteiger charge is 2.20. The minimum Gasteiger partial charge on any atom is -0.438 e. The van der Waals surface area contributed by atoms with Gasteiger partial charge in [0.05, 0.1) is 16.6 Å². The SMILES string of the molecule is c1ccc(-c2c3ccccc3n3c2oc2cc(-c4ccc(N(c5ccccc5)c5ccccc5)cc4)ccc23)cc1. The summed E-state index contributed by atoms with van der Waals surface area (Å²) in [4.78, 5) is 2.28. The molecule has 0 radical (unpaired) electrons. The largest absolute Gasteiger partial charge is 0.438 e. The number of para-hydroxylation sites is 3. The van der Waals surface area contributed by atoms with Crippen molar-refractivity contribution in [3.05, 3.63) is 158 Å². The summed E-state index contributed by atoms with van der Waals surface area (Å²) in [5.74, 6) is 0. The molecular weight excluding hydrogens is 500 g/mol. The predicted octanol–water partition coefficient (Wildman–Crippen LogP) is 10.6. The second-order valence-electron chi connectivity index (χ2n) is 10.2. The Labute approximate surface area is 238 Å². The van der Waals surface area contributed by atoms with E-state index in [1.165, 1.54) is 5.39 Å². The van der Waals surface area contributed by atoms with E-state index in [0.29, 0.717) is 0 Å². The zero-order chi connectivity index (χ0) is 27.2. The molecule has 6 aromatic carbocycles. The second kappa shape index (κ2) is 9.58. The molecule has 0 unspecified atom stereocenters. The fraction of sp³-hybridized carbons (Fsp3) is 0. The molecule has 8 aromatic rings. The molecule has 0 atom stereocenters. The van der Waals surface area contributed by atoms with Crippen molar-refractivity contribution in [3.8, 4) is 22.3 Å². The molecule has 3 nitrogen and oxygen atoms in total. The Kier molecular flexibility index (Phi) is 5.46. The lowest BCUT2D eigenvalue weighted by Gasteiger charge is -2.25. The van der Waals surface area contributed by atoms with Gasteiger partial charge in [-0.1, -0.05) is 103 Å². The van der Waals surface area contributed by atoms with Gasteiger partial charge in [0.1, 0.15) is 0 Å². The smallest absolute Gasteiger partial charge is 0.213 e. The summed E-state index contributed by atoms with van der Waals surface area (Å²) in [5, 5.41) is 1.19. The maximum absolute atomic E-state index is 6.62. The van der Waals surface area contributed by atoms with Gasteiger partial charge >= 0.3 is 0 Å². The molecule has 0 saturated heterocycles. The van der Waals surface area contributed by atoms with E-state index in [-0.39, 0.29) is 0 Å². The highest BCUT2D eigenvalue weighted by molar-refractivity contribution is 6.07. The maximum atomic E-state index is 6.62. The van der Waals surface area contributed by atoms with E-state index < -0.39 is 0 Å². The van der Waals surface area contributed by atoms with Gasteiger partial charge in [0.15, 0.2) is 5.58 Å². The maximum Gasteiger partial charge on any atom is 0.213 e. The van der Waals surface area contributed by atoms with Crippen molar-refractivity contribution < 1.29 is 4.42 Å². The molecule has 0 amide bonds. The minimum absolute atomic E-state index is 0.875. The van der Waals surface area contributed by atoms with Gasteiger partial charge in [-0.2, -0.15) is 0 Å². The monoisotopic (exact) mass is 526 g/mol. The van der Waals surface area contributed by atoms with Crippen LogP contribution >= 0.6 is 0 Å². The summed E-state index contributed by atoms with van der Waals surface area (Å²) in [7, 11) is 0. The van der Waals surface area contributed by atoms with Crippen LogP contribution in [0.3, 0.4) is 0 Å². The van der Waals surface area contributed by atoms with Gasteiger partial charge in [-0.25, -0.2) is 0 Å². The lowest BCUT2D eigenvalue weighted by atomic mass is 10.0. The van der Waals surface area contributed by atoms with Crippen LogP contribution in [0.15, 0.2) is 162 Å². The normalized spacial score (nSPS) is 11.4. The van der Waals surface area contributed by atoms with E-state index in [1.54, 1.807) is 0 Å². The predicted molar refractivity (Wildman–Crippen MR) is 170 cm³/mol. The molecule has 41 heavy (non-hydrogen) atoms. The quantitative estimate of drug-likeness (QED) is 0.222. The number of rotatable bonds is 5. The third-order valence-corrected chi connectivity index (χ3v) is 7.79. The van der Waals surface area contributed by atoms with Crippen LogP contribution in [0.2, 0.25) is 0 Å². The van der Waals surface area contributed by atoms with E-state index in [9.17, 15) is 0 Å². The first-order valence-corrected chi connectivity index (χ1v) is 13.9. The van der Waals surface area contributed by atoms with Crippen LogP contribution in [-0.2, 0) is 0 Å². The van der Waals surface area contributed by atoms with Crippen LogP contribution in [0.25, 0.3) is 50.0 Å². The lowest BCUT2D eigenvalue weighted by Crippen LogP contribution is -2.09. The Morgan fingerprint density at radius 1 is 0.439 bits per heavy atom. The first-order valence-electron chi connectivity index (χ1n) is 13.9. The van der Waals surface area contributed by atoms with Crippen molar-refractivity contribution in [2.75, 3.05) is 4.90 Å². The summed E-state index contributed by atoms with van der Waals surface area (Å²) >= 11 is 0. The van der Waals surface area contributed by atoms with Crippen LogP contribution in [0.1, 0.15) is 0 Å². The molecule has 3 heteroatoms. The average Bonchev–Trinajstić information content (AvgIpc) is 3.57. The molecule has 2 aromatic heterocycles. The molecule has 8 rings (SSSR count). The van der Waals surface area contributed by atoms with Crippen molar-refractivity contribution >= 4 is 44.8 Å². The van der Waals surface area contributed by atoms with Crippen LogP contribution in [-0.4, -0.2) is 4.40 Å². The number of hydrogen-bond acceptors (Lipinski definition) is 2. The fourth-order valence-electron chi connectivity index (χ4n) is 5.90. The van der Waals surface area contributed by atoms with Crippen LogP contribution in [0.5, 0.6) is 0 Å². The number of aromatic nitrogens is 1. The van der Waals surface area contributed by atoms with Crippen molar-refractivity contribution in [2.24, 2.45) is 0 Å². The van der Waals surface area contributed by atoms with Crippen molar-refractivity contribution in [1.29, 1.82) is 0 Å². The third kappa shape index (κ3) is 3.90. The van der Waals surface area contributed by atoms with Gasteiger partial charge in [-0.15, -0.1) is 0 Å². The summed E-state index contributed by atoms with van der Waals surface area (Å²) in [6.07, 6.45) is 0. The molecule has 0 spiro atoms. The van der Waals surface area contributed by atoms with Crippen LogP contribution in [0.4, 0.5) is 17.1 Å². The third-order valence-electron chi connectivity index (χ3n) is 7.79. The Balaban J connectivity index is 1.23. The number of hydrogen-bond donors (Lipinski definition) is 0.